The molecule has 0 atom stereocenters. The number of ether oxygens (including phenoxy) is 3. The van der Waals surface area contributed by atoms with Gasteiger partial charge in [0, 0.05) is 29.3 Å². The lowest BCUT2D eigenvalue weighted by atomic mass is 10.0. The number of rotatable bonds is 7. The topological polar surface area (TPSA) is 63.5 Å². The van der Waals surface area contributed by atoms with Crippen LogP contribution in [0.2, 0.25) is 0 Å². The van der Waals surface area contributed by atoms with Gasteiger partial charge in [0.1, 0.15) is 0 Å². The van der Waals surface area contributed by atoms with Gasteiger partial charge in [-0.25, -0.2) is 0 Å². The molecule has 3 aromatic rings. The Morgan fingerprint density at radius 3 is 2.36 bits per heavy atom. The molecule has 0 spiro atoms. The molecule has 0 unspecified atom stereocenters. The molecule has 1 N–H and O–H groups in total. The summed E-state index contributed by atoms with van der Waals surface area (Å²) < 4.78 is 16.4. The highest BCUT2D eigenvalue weighted by atomic mass is 16.5. The lowest BCUT2D eigenvalue weighted by Gasteiger charge is -2.15. The van der Waals surface area contributed by atoms with Gasteiger partial charge in [0.2, 0.25) is 5.75 Å². The van der Waals surface area contributed by atoms with Gasteiger partial charge in [-0.1, -0.05) is 36.4 Å². The van der Waals surface area contributed by atoms with E-state index in [9.17, 15) is 5.26 Å². The van der Waals surface area contributed by atoms with Crippen LogP contribution in [0.1, 0.15) is 5.56 Å². The Kier molecular flexibility index (Phi) is 6.03. The van der Waals surface area contributed by atoms with Gasteiger partial charge in [0.05, 0.1) is 27.4 Å². The third-order valence-electron chi connectivity index (χ3n) is 4.43. The summed E-state index contributed by atoms with van der Waals surface area (Å²) in [6.45, 7) is 0. The summed E-state index contributed by atoms with van der Waals surface area (Å²) in [5.74, 6) is 1.80. The molecule has 0 fully saturated rings. The van der Waals surface area contributed by atoms with Crippen molar-refractivity contribution >= 4 is 16.5 Å². The predicted octanol–water partition coefficient (Wildman–Crippen LogP) is 4.93. The van der Waals surface area contributed by atoms with Gasteiger partial charge in [-0.2, -0.15) is 5.26 Å². The molecule has 0 saturated carbocycles. The minimum absolute atomic E-state index is 0.517. The third kappa shape index (κ3) is 4.02. The van der Waals surface area contributed by atoms with Crippen molar-refractivity contribution in [3.63, 3.8) is 0 Å². The summed E-state index contributed by atoms with van der Waals surface area (Å²) in [6.07, 6.45) is 2.26. The van der Waals surface area contributed by atoms with Crippen molar-refractivity contribution in [3.05, 3.63) is 71.9 Å². The summed E-state index contributed by atoms with van der Waals surface area (Å²) >= 11 is 0. The second-order valence-electron chi connectivity index (χ2n) is 6.17. The molecule has 3 aromatic carbocycles. The highest BCUT2D eigenvalue weighted by Gasteiger charge is 2.16. The average Bonchev–Trinajstić information content (AvgIpc) is 2.75. The van der Waals surface area contributed by atoms with Crippen LogP contribution in [-0.4, -0.2) is 21.3 Å². The van der Waals surface area contributed by atoms with Crippen LogP contribution in [-0.2, 0) is 6.42 Å². The number of hydrogen-bond acceptors (Lipinski definition) is 5. The number of nitriles is 1. The van der Waals surface area contributed by atoms with E-state index in [4.69, 9.17) is 14.2 Å². The normalized spacial score (nSPS) is 11.0. The van der Waals surface area contributed by atoms with Crippen LogP contribution in [0.4, 0.5) is 5.69 Å². The molecule has 0 heterocycles. The maximum absolute atomic E-state index is 9.50. The van der Waals surface area contributed by atoms with E-state index in [1.165, 1.54) is 0 Å². The maximum atomic E-state index is 9.50. The van der Waals surface area contributed by atoms with Crippen molar-refractivity contribution in [3.8, 4) is 23.3 Å². The Bertz CT molecular complexity index is 1040. The number of benzene rings is 3. The fourth-order valence-electron chi connectivity index (χ4n) is 3.08. The van der Waals surface area contributed by atoms with E-state index in [0.29, 0.717) is 29.2 Å². The van der Waals surface area contributed by atoms with Gasteiger partial charge >= 0.3 is 0 Å². The largest absolute Gasteiger partial charge is 0.493 e. The van der Waals surface area contributed by atoms with Crippen LogP contribution in [0, 0.1) is 11.3 Å². The van der Waals surface area contributed by atoms with Crippen molar-refractivity contribution < 1.29 is 14.2 Å². The second-order valence-corrected chi connectivity index (χ2v) is 6.17. The summed E-state index contributed by atoms with van der Waals surface area (Å²) in [6, 6.07) is 19.9. The van der Waals surface area contributed by atoms with Gasteiger partial charge in [0.15, 0.2) is 11.5 Å². The SMILES string of the molecule is COc1cc2cc(C/C(C#N)=C/Nc3ccccc3)ccc2c(OC)c1OC. The molecule has 3 rings (SSSR count). The van der Waals surface area contributed by atoms with E-state index in [-0.39, 0.29) is 0 Å². The van der Waals surface area contributed by atoms with Crippen molar-refractivity contribution in [2.24, 2.45) is 0 Å². The van der Waals surface area contributed by atoms with Crippen molar-refractivity contribution in [1.29, 1.82) is 5.26 Å². The maximum Gasteiger partial charge on any atom is 0.203 e. The second kappa shape index (κ2) is 8.83. The van der Waals surface area contributed by atoms with Crippen molar-refractivity contribution in [1.82, 2.24) is 0 Å². The van der Waals surface area contributed by atoms with Gasteiger partial charge in [-0.3, -0.25) is 0 Å². The average molecular weight is 374 g/mol. The van der Waals surface area contributed by atoms with Gasteiger partial charge in [-0.15, -0.1) is 0 Å². The minimum Gasteiger partial charge on any atom is -0.493 e. The van der Waals surface area contributed by atoms with E-state index in [1.54, 1.807) is 27.5 Å². The first-order chi connectivity index (χ1) is 13.7. The zero-order valence-electron chi connectivity index (χ0n) is 16.2. The molecule has 5 heteroatoms. The molecule has 0 aliphatic heterocycles. The molecule has 142 valence electrons. The molecule has 5 nitrogen and oxygen atoms in total. The van der Waals surface area contributed by atoms with Gasteiger partial charge in [0.25, 0.3) is 0 Å². The first kappa shape index (κ1) is 19.1. The summed E-state index contributed by atoms with van der Waals surface area (Å²) in [5.41, 5.74) is 2.59. The predicted molar refractivity (Wildman–Crippen MR) is 111 cm³/mol. The number of methoxy groups -OCH3 is 3. The van der Waals surface area contributed by atoms with E-state index in [1.807, 2.05) is 54.6 Å². The van der Waals surface area contributed by atoms with E-state index in [0.717, 1.165) is 22.0 Å². The van der Waals surface area contributed by atoms with Crippen LogP contribution < -0.4 is 19.5 Å². The monoisotopic (exact) mass is 374 g/mol. The molecule has 0 saturated heterocycles. The van der Waals surface area contributed by atoms with Crippen LogP contribution in [0.3, 0.4) is 0 Å². The first-order valence-electron chi connectivity index (χ1n) is 8.82. The minimum atomic E-state index is 0.517. The Morgan fingerprint density at radius 2 is 1.71 bits per heavy atom. The van der Waals surface area contributed by atoms with E-state index in [2.05, 4.69) is 11.4 Å². The zero-order valence-corrected chi connectivity index (χ0v) is 16.2. The summed E-state index contributed by atoms with van der Waals surface area (Å²) in [5, 5.41) is 14.5. The number of hydrogen-bond donors (Lipinski definition) is 1. The van der Waals surface area contributed by atoms with E-state index < -0.39 is 0 Å². The summed E-state index contributed by atoms with van der Waals surface area (Å²) in [4.78, 5) is 0. The molecular formula is C23H22N2O3. The van der Waals surface area contributed by atoms with E-state index >= 15 is 0 Å². The fraction of sp³-hybridized carbons (Fsp3) is 0.174. The Balaban J connectivity index is 1.92. The molecule has 0 amide bonds. The number of allylic oxidation sites excluding steroid dienone is 1. The Labute approximate surface area is 164 Å². The smallest absolute Gasteiger partial charge is 0.203 e. The first-order valence-corrected chi connectivity index (χ1v) is 8.82. The Hall–Kier alpha value is -3.65. The number of para-hydroxylation sites is 1. The number of nitrogens with one attached hydrogen (secondary N) is 1. The molecule has 0 radical (unpaired) electrons. The Morgan fingerprint density at radius 1 is 0.964 bits per heavy atom. The fourth-order valence-corrected chi connectivity index (χ4v) is 3.08. The third-order valence-corrected chi connectivity index (χ3v) is 4.43. The highest BCUT2D eigenvalue weighted by molar-refractivity contribution is 5.93. The molecule has 0 aliphatic rings. The number of nitrogens with zero attached hydrogens (tertiary/aromatic N) is 1. The number of fused-ring (bicyclic) bond motifs is 1. The van der Waals surface area contributed by atoms with Crippen LogP contribution >= 0.6 is 0 Å². The molecule has 0 bridgehead atoms. The molecule has 0 aromatic heterocycles. The van der Waals surface area contributed by atoms with Crippen molar-refractivity contribution in [2.75, 3.05) is 26.6 Å². The van der Waals surface area contributed by atoms with Crippen molar-refractivity contribution in [2.45, 2.75) is 6.42 Å². The van der Waals surface area contributed by atoms with Gasteiger partial charge < -0.3 is 19.5 Å². The highest BCUT2D eigenvalue weighted by Crippen LogP contribution is 2.43. The molecule has 0 aliphatic carbocycles. The van der Waals surface area contributed by atoms with Gasteiger partial charge in [-0.05, 0) is 29.1 Å². The number of anilines is 1. The zero-order chi connectivity index (χ0) is 19.9. The van der Waals surface area contributed by atoms with Crippen LogP contribution in [0.15, 0.2) is 66.4 Å². The van der Waals surface area contributed by atoms with Crippen LogP contribution in [0.25, 0.3) is 10.8 Å². The summed E-state index contributed by atoms with van der Waals surface area (Å²) in [7, 11) is 4.79. The molecular weight excluding hydrogens is 352 g/mol. The lowest BCUT2D eigenvalue weighted by Crippen LogP contribution is -1.97. The quantitative estimate of drug-likeness (QED) is 0.594. The lowest BCUT2D eigenvalue weighted by molar-refractivity contribution is 0.327. The van der Waals surface area contributed by atoms with Crippen LogP contribution in [0.5, 0.6) is 17.2 Å². The standard InChI is InChI=1S/C23H22N2O3/c1-26-21-13-18-12-16(9-10-20(18)22(27-2)23(21)28-3)11-17(14-24)15-25-19-7-5-4-6-8-19/h4-10,12-13,15,25H,11H2,1-3H3/b17-15-. The molecule has 28 heavy (non-hydrogen) atoms.